The summed E-state index contributed by atoms with van der Waals surface area (Å²) in [6.07, 6.45) is 2.18. The number of rotatable bonds is 4. The number of amides is 1. The highest BCUT2D eigenvalue weighted by atomic mass is 19.4. The van der Waals surface area contributed by atoms with E-state index in [2.05, 4.69) is 35.7 Å². The van der Waals surface area contributed by atoms with Crippen LogP contribution >= 0.6 is 0 Å². The molecule has 194 valence electrons. The van der Waals surface area contributed by atoms with Crippen LogP contribution in [0.5, 0.6) is 0 Å². The molecule has 5 aromatic heterocycles. The van der Waals surface area contributed by atoms with Gasteiger partial charge in [0.2, 0.25) is 11.9 Å². The van der Waals surface area contributed by atoms with Crippen molar-refractivity contribution >= 4 is 17.2 Å². The Morgan fingerprint density at radius 2 is 1.89 bits per heavy atom. The standard InChI is InChI=1S/C23H18F4N10O/c1-22(16-3-6-35(2)33-16)9-13(14-11-28-18-8-17(24)34-36(18)19(14)22)21(38)32-12-7-15(23(25,26)27)20(29-10-12)37-30-4-5-31-37/h3-8,10-11,13H,9H2,1-2H3,(H,32,38)/t13-,22-/m1/s1. The molecule has 0 aromatic carbocycles. The van der Waals surface area contributed by atoms with E-state index in [0.717, 1.165) is 17.1 Å². The molecule has 2 atom stereocenters. The number of aromatic nitrogens is 9. The number of nitrogens with one attached hydrogen (secondary N) is 1. The molecule has 1 aliphatic carbocycles. The molecule has 5 heterocycles. The zero-order chi connectivity index (χ0) is 26.8. The van der Waals surface area contributed by atoms with Crippen molar-refractivity contribution in [3.05, 3.63) is 77.6 Å². The van der Waals surface area contributed by atoms with E-state index in [9.17, 15) is 22.4 Å². The van der Waals surface area contributed by atoms with Crippen LogP contribution in [0.4, 0.5) is 23.2 Å². The minimum Gasteiger partial charge on any atom is -0.324 e. The molecule has 0 saturated heterocycles. The van der Waals surface area contributed by atoms with Crippen LogP contribution in [0.15, 0.2) is 49.2 Å². The molecular formula is C23H18F4N10O. The summed E-state index contributed by atoms with van der Waals surface area (Å²) in [6.45, 7) is 1.86. The van der Waals surface area contributed by atoms with Gasteiger partial charge < -0.3 is 5.32 Å². The van der Waals surface area contributed by atoms with Crippen LogP contribution in [-0.4, -0.2) is 50.3 Å². The summed E-state index contributed by atoms with van der Waals surface area (Å²) in [5.41, 5.74) is -0.281. The number of aryl methyl sites for hydroxylation is 1. The number of pyridine rings is 1. The SMILES string of the molecule is Cn1ccc([C@@]2(C)C[C@@H](C(=O)Nc3cnc(-n4nccn4)c(C(F)(F)F)c3)c3cnc4cc(F)nn4c32)n1. The van der Waals surface area contributed by atoms with Gasteiger partial charge in [-0.1, -0.05) is 0 Å². The molecule has 1 N–H and O–H groups in total. The molecule has 0 spiro atoms. The fourth-order valence-electron chi connectivity index (χ4n) is 4.96. The molecule has 0 aliphatic heterocycles. The van der Waals surface area contributed by atoms with Crippen LogP contribution in [0.1, 0.15) is 41.8 Å². The number of halogens is 4. The Morgan fingerprint density at radius 3 is 2.58 bits per heavy atom. The largest absolute Gasteiger partial charge is 0.420 e. The summed E-state index contributed by atoms with van der Waals surface area (Å²) < 4.78 is 58.5. The van der Waals surface area contributed by atoms with Crippen molar-refractivity contribution in [2.24, 2.45) is 7.05 Å². The van der Waals surface area contributed by atoms with Gasteiger partial charge in [-0.3, -0.25) is 9.48 Å². The third kappa shape index (κ3) is 3.69. The summed E-state index contributed by atoms with van der Waals surface area (Å²) in [5, 5.41) is 18.4. The lowest BCUT2D eigenvalue weighted by Crippen LogP contribution is -2.26. The van der Waals surface area contributed by atoms with Crippen LogP contribution < -0.4 is 5.32 Å². The highest BCUT2D eigenvalue weighted by Gasteiger charge is 2.48. The van der Waals surface area contributed by atoms with Gasteiger partial charge in [-0.25, -0.2) is 14.5 Å². The Kier molecular flexibility index (Phi) is 5.09. The Morgan fingerprint density at radius 1 is 1.13 bits per heavy atom. The topological polar surface area (TPSA) is 121 Å². The number of alkyl halides is 3. The maximum absolute atomic E-state index is 14.1. The van der Waals surface area contributed by atoms with Gasteiger partial charge in [-0.15, -0.1) is 9.90 Å². The number of carbonyl (C=O) groups is 1. The average molecular weight is 526 g/mol. The number of fused-ring (bicyclic) bond motifs is 3. The third-order valence-electron chi connectivity index (χ3n) is 6.64. The number of hydrogen-bond donors (Lipinski definition) is 1. The van der Waals surface area contributed by atoms with Crippen molar-refractivity contribution in [1.82, 2.24) is 44.4 Å². The van der Waals surface area contributed by atoms with Crippen molar-refractivity contribution in [3.8, 4) is 5.82 Å². The summed E-state index contributed by atoms with van der Waals surface area (Å²) in [5.74, 6) is -2.69. The van der Waals surface area contributed by atoms with Crippen LogP contribution in [0, 0.1) is 5.95 Å². The van der Waals surface area contributed by atoms with Gasteiger partial charge in [0, 0.05) is 31.1 Å². The van der Waals surface area contributed by atoms with E-state index in [1.807, 2.05) is 6.92 Å². The second-order valence-corrected chi connectivity index (χ2v) is 9.16. The maximum Gasteiger partial charge on any atom is 0.420 e. The molecule has 0 bridgehead atoms. The lowest BCUT2D eigenvalue weighted by Gasteiger charge is -2.23. The minimum absolute atomic E-state index is 0.162. The highest BCUT2D eigenvalue weighted by molar-refractivity contribution is 5.97. The first-order valence-electron chi connectivity index (χ1n) is 11.3. The number of hydrogen-bond acceptors (Lipinski definition) is 7. The van der Waals surface area contributed by atoms with Crippen molar-refractivity contribution in [2.45, 2.75) is 30.9 Å². The molecule has 38 heavy (non-hydrogen) atoms. The van der Waals surface area contributed by atoms with Gasteiger partial charge >= 0.3 is 6.18 Å². The quantitative estimate of drug-likeness (QED) is 0.358. The smallest absolute Gasteiger partial charge is 0.324 e. The molecule has 15 heteroatoms. The Bertz CT molecular complexity index is 1690. The Hall–Kier alpha value is -4.69. The summed E-state index contributed by atoms with van der Waals surface area (Å²) in [6, 6.07) is 3.74. The fraction of sp³-hybridized carbons (Fsp3) is 0.261. The monoisotopic (exact) mass is 526 g/mol. The predicted molar refractivity (Wildman–Crippen MR) is 123 cm³/mol. The predicted octanol–water partition coefficient (Wildman–Crippen LogP) is 3.03. The summed E-state index contributed by atoms with van der Waals surface area (Å²) >= 11 is 0. The molecule has 0 saturated carbocycles. The van der Waals surface area contributed by atoms with E-state index in [0.29, 0.717) is 17.0 Å². The van der Waals surface area contributed by atoms with Crippen molar-refractivity contribution < 1.29 is 22.4 Å². The van der Waals surface area contributed by atoms with E-state index in [1.54, 1.807) is 24.0 Å². The summed E-state index contributed by atoms with van der Waals surface area (Å²) in [7, 11) is 1.75. The Labute approximate surface area is 211 Å². The molecule has 11 nitrogen and oxygen atoms in total. The summed E-state index contributed by atoms with van der Waals surface area (Å²) in [4.78, 5) is 22.4. The maximum atomic E-state index is 14.1. The molecule has 1 amide bonds. The van der Waals surface area contributed by atoms with E-state index in [4.69, 9.17) is 0 Å². The van der Waals surface area contributed by atoms with Crippen LogP contribution in [-0.2, 0) is 23.4 Å². The van der Waals surface area contributed by atoms with Crippen molar-refractivity contribution in [2.75, 3.05) is 5.32 Å². The van der Waals surface area contributed by atoms with Crippen LogP contribution in [0.3, 0.4) is 0 Å². The van der Waals surface area contributed by atoms with Gasteiger partial charge in [0.1, 0.15) is 5.56 Å². The molecule has 6 rings (SSSR count). The first kappa shape index (κ1) is 23.7. The lowest BCUT2D eigenvalue weighted by molar-refractivity contribution is -0.137. The zero-order valence-corrected chi connectivity index (χ0v) is 19.8. The third-order valence-corrected chi connectivity index (χ3v) is 6.64. The first-order valence-corrected chi connectivity index (χ1v) is 11.3. The van der Waals surface area contributed by atoms with Gasteiger partial charge in [0.25, 0.3) is 0 Å². The number of carbonyl (C=O) groups excluding carboxylic acids is 1. The number of nitrogens with zero attached hydrogens (tertiary/aromatic N) is 9. The Balaban J connectivity index is 1.40. The zero-order valence-electron chi connectivity index (χ0n) is 19.8. The van der Waals surface area contributed by atoms with Crippen LogP contribution in [0.2, 0.25) is 0 Å². The van der Waals surface area contributed by atoms with E-state index < -0.39 is 40.7 Å². The highest BCUT2D eigenvalue weighted by Crippen LogP contribution is 2.49. The number of anilines is 1. The van der Waals surface area contributed by atoms with E-state index in [-0.39, 0.29) is 17.8 Å². The molecular weight excluding hydrogens is 508 g/mol. The minimum atomic E-state index is -4.78. The van der Waals surface area contributed by atoms with Crippen LogP contribution in [0.25, 0.3) is 11.5 Å². The molecule has 1 aliphatic rings. The van der Waals surface area contributed by atoms with Gasteiger partial charge in [0.05, 0.1) is 47.0 Å². The van der Waals surface area contributed by atoms with Gasteiger partial charge in [-0.2, -0.15) is 32.9 Å². The molecule has 0 radical (unpaired) electrons. The second kappa shape index (κ2) is 8.16. The fourth-order valence-corrected chi connectivity index (χ4v) is 4.96. The molecule has 0 fully saturated rings. The molecule has 5 aromatic rings. The van der Waals surface area contributed by atoms with E-state index in [1.165, 1.54) is 29.2 Å². The average Bonchev–Trinajstić information content (AvgIpc) is 3.64. The lowest BCUT2D eigenvalue weighted by atomic mass is 9.82. The van der Waals surface area contributed by atoms with Gasteiger partial charge in [0.15, 0.2) is 11.5 Å². The second-order valence-electron chi connectivity index (χ2n) is 9.16. The van der Waals surface area contributed by atoms with Gasteiger partial charge in [-0.05, 0) is 25.5 Å². The van der Waals surface area contributed by atoms with Crippen molar-refractivity contribution in [3.63, 3.8) is 0 Å². The first-order chi connectivity index (χ1) is 18.0. The van der Waals surface area contributed by atoms with Crippen molar-refractivity contribution in [1.29, 1.82) is 0 Å². The van der Waals surface area contributed by atoms with E-state index >= 15 is 0 Å². The molecule has 0 unspecified atom stereocenters. The normalized spacial score (nSPS) is 19.2.